The maximum absolute atomic E-state index is 7.94. The molecule has 0 fully saturated rings. The zero-order chi connectivity index (χ0) is 62.7. The Morgan fingerprint density at radius 1 is 0.404 bits per heavy atom. The molecule has 6 nitrogen and oxygen atoms in total. The first-order valence-corrected chi connectivity index (χ1v) is 32.2. The largest absolute Gasteiger partial charge is 0.507 e. The minimum atomic E-state index is -0.807. The number of hydrogen-bond acceptors (Lipinski definition) is 4. The number of rotatable bonds is 10. The fourth-order valence-corrected chi connectivity index (χ4v) is 14.8. The second kappa shape index (κ2) is 22.7. The van der Waals surface area contributed by atoms with Gasteiger partial charge in [-0.1, -0.05) is 259 Å². The van der Waals surface area contributed by atoms with Crippen LogP contribution in [0.3, 0.4) is 0 Å². The van der Waals surface area contributed by atoms with E-state index in [4.69, 9.17) is 9.72 Å². The second-order valence-corrected chi connectivity index (χ2v) is 26.8. The van der Waals surface area contributed by atoms with E-state index in [1.165, 1.54) is 33.4 Å². The predicted molar refractivity (Wildman–Crippen MR) is 384 cm³/mol. The van der Waals surface area contributed by atoms with Crippen LogP contribution in [-0.2, 0) is 37.3 Å². The Hall–Kier alpha value is -10.5. The van der Waals surface area contributed by atoms with Gasteiger partial charge < -0.3 is 23.7 Å². The first-order chi connectivity index (χ1) is 45.4. The van der Waals surface area contributed by atoms with Crippen molar-refractivity contribution in [3.05, 3.63) is 337 Å². The van der Waals surface area contributed by atoms with Gasteiger partial charge in [0.05, 0.1) is 0 Å². The Bertz CT molecular complexity index is 5280. The summed E-state index contributed by atoms with van der Waals surface area (Å²) in [6.45, 7) is 16.0. The van der Waals surface area contributed by atoms with Crippen LogP contribution in [0.15, 0.2) is 285 Å². The smallest absolute Gasteiger partial charge is 0.135 e. The third-order valence-corrected chi connectivity index (χ3v) is 19.2. The van der Waals surface area contributed by atoms with Crippen molar-refractivity contribution in [2.45, 2.75) is 57.8 Å². The molecule has 1 aliphatic heterocycles. The number of para-hydroxylation sites is 5. The Labute approximate surface area is 563 Å². The number of nitrogens with zero attached hydrogens (tertiary/aromatic N) is 5. The third kappa shape index (κ3) is 9.36. The van der Waals surface area contributed by atoms with Crippen molar-refractivity contribution in [2.24, 2.45) is 0 Å². The molecule has 0 amide bonds. The molecule has 15 aromatic rings. The number of benzene rings is 12. The van der Waals surface area contributed by atoms with Crippen LogP contribution in [-0.4, -0.2) is 14.1 Å². The number of hydrogen-bond donors (Lipinski definition) is 0. The summed E-state index contributed by atoms with van der Waals surface area (Å²) in [7, 11) is 0. The van der Waals surface area contributed by atoms with E-state index in [9.17, 15) is 0 Å². The van der Waals surface area contributed by atoms with Crippen LogP contribution in [0, 0.1) is 18.8 Å². The molecular weight excluding hydrogens is 1330 g/mol. The van der Waals surface area contributed by atoms with Gasteiger partial charge in [-0.3, -0.25) is 0 Å². The van der Waals surface area contributed by atoms with Gasteiger partial charge in [0.15, 0.2) is 0 Å². The fraction of sp³-hybridized carbons (Fsp3) is 0.103. The molecule has 4 heterocycles. The van der Waals surface area contributed by atoms with Crippen molar-refractivity contribution in [2.75, 3.05) is 9.80 Å². The summed E-state index contributed by atoms with van der Waals surface area (Å²) in [5, 5.41) is 4.42. The van der Waals surface area contributed by atoms with Gasteiger partial charge >= 0.3 is 0 Å². The van der Waals surface area contributed by atoms with Gasteiger partial charge in [-0.05, 0) is 127 Å². The maximum Gasteiger partial charge on any atom is 0.135 e. The molecule has 17 rings (SSSR count). The van der Waals surface area contributed by atoms with E-state index in [-0.39, 0.29) is 31.9 Å². The molecule has 1 aliphatic carbocycles. The summed E-state index contributed by atoms with van der Waals surface area (Å²) in [4.78, 5) is 9.86. The second-order valence-electron chi connectivity index (χ2n) is 26.8. The molecule has 0 saturated heterocycles. The van der Waals surface area contributed by atoms with E-state index in [0.717, 1.165) is 111 Å². The number of anilines is 4. The van der Waals surface area contributed by atoms with E-state index >= 15 is 0 Å². The monoisotopic (exact) mass is 1390 g/mol. The van der Waals surface area contributed by atoms with E-state index in [1.807, 2.05) is 6.20 Å². The van der Waals surface area contributed by atoms with E-state index in [2.05, 4.69) is 358 Å². The van der Waals surface area contributed by atoms with E-state index in [0.29, 0.717) is 11.5 Å². The standard InChI is InChI=1S/C87H66N5O.Pt/c1-85(2,3)60-46-47-88-83(52-60)92-77-43-25-20-38-69(77)72-54-81(91-75-41-23-18-36-67(75)68-37-19-24-42-76(68)91)82(55-80(72)92)93-64-49-62(87(59-32-14-9-15-33-59)73-39-21-16-34-65(73)66-35-17-22-40-74(66)87)48-63(53-64)89-56-90(79-45-27-26-44-78(79)89)84-70(57-28-10-7-11-29-57)50-61(86(4,5)6)51-71(84)58-30-12-8-13-31-58;/h7-52,54,56H,1-6H3;/q-3;. The molecule has 12 aromatic carbocycles. The average molecular weight is 1390 g/mol. The van der Waals surface area contributed by atoms with Crippen molar-refractivity contribution in [1.29, 1.82) is 0 Å². The normalized spacial score (nSPS) is 13.3. The molecule has 7 heteroatoms. The summed E-state index contributed by atoms with van der Waals surface area (Å²) in [6, 6.07) is 110. The Morgan fingerprint density at radius 2 is 0.894 bits per heavy atom. The van der Waals surface area contributed by atoms with Gasteiger partial charge in [-0.2, -0.15) is 0 Å². The minimum absolute atomic E-state index is 0. The Morgan fingerprint density at radius 3 is 1.47 bits per heavy atom. The van der Waals surface area contributed by atoms with Gasteiger partial charge in [0.2, 0.25) is 0 Å². The van der Waals surface area contributed by atoms with Crippen LogP contribution >= 0.6 is 0 Å². The molecule has 2 aliphatic rings. The summed E-state index contributed by atoms with van der Waals surface area (Å²) in [6.07, 6.45) is 1.94. The maximum atomic E-state index is 7.94. The Kier molecular flexibility index (Phi) is 14.1. The SMILES string of the molecule is CC(C)(C)c1ccnc(-n2c3[c-]c(Oc4[c-]c(N5[CH-]N(c6c(-c7ccccc7)cc(C(C)(C)C)cc6-c6ccccc6)c6ccccc65)cc(C5(c6ccccc6)c6ccccc6-c6ccccc65)c4)c(-n4c5ccccc5c5ccccc54)cc3c3ccccc32)c1.[Pt]. The van der Waals surface area contributed by atoms with Gasteiger partial charge in [-0.15, -0.1) is 48.3 Å². The summed E-state index contributed by atoms with van der Waals surface area (Å²) < 4.78 is 12.6. The molecule has 0 bridgehead atoms. The van der Waals surface area contributed by atoms with Crippen molar-refractivity contribution in [3.8, 4) is 56.4 Å². The summed E-state index contributed by atoms with van der Waals surface area (Å²) in [5.74, 6) is 1.88. The van der Waals surface area contributed by atoms with Gasteiger partial charge in [0.25, 0.3) is 0 Å². The van der Waals surface area contributed by atoms with Crippen molar-refractivity contribution < 1.29 is 25.8 Å². The van der Waals surface area contributed by atoms with Gasteiger partial charge in [0.1, 0.15) is 5.82 Å². The van der Waals surface area contributed by atoms with Crippen LogP contribution in [0.25, 0.3) is 88.5 Å². The molecule has 0 saturated carbocycles. The van der Waals surface area contributed by atoms with Gasteiger partial charge in [-0.25, -0.2) is 4.98 Å². The number of pyridine rings is 1. The molecule has 0 unspecified atom stereocenters. The quantitative estimate of drug-likeness (QED) is 0.128. The molecule has 94 heavy (non-hydrogen) atoms. The Balaban J connectivity index is 0.00000699. The van der Waals surface area contributed by atoms with E-state index in [1.54, 1.807) is 0 Å². The minimum Gasteiger partial charge on any atom is -0.507 e. The van der Waals surface area contributed by atoms with Crippen LogP contribution in [0.4, 0.5) is 22.7 Å². The molecule has 0 N–H and O–H groups in total. The van der Waals surface area contributed by atoms with Crippen molar-refractivity contribution in [1.82, 2.24) is 14.1 Å². The fourth-order valence-electron chi connectivity index (χ4n) is 14.8. The van der Waals surface area contributed by atoms with E-state index < -0.39 is 5.41 Å². The first kappa shape index (κ1) is 58.6. The van der Waals surface area contributed by atoms with Gasteiger partial charge in [0, 0.05) is 99.7 Å². The third-order valence-electron chi connectivity index (χ3n) is 19.2. The topological polar surface area (TPSA) is 38.5 Å². The van der Waals surface area contributed by atoms with Crippen LogP contribution < -0.4 is 14.5 Å². The molecule has 458 valence electrons. The van der Waals surface area contributed by atoms with Crippen molar-refractivity contribution >= 4 is 66.4 Å². The predicted octanol–water partition coefficient (Wildman–Crippen LogP) is 22.4. The molecule has 0 spiro atoms. The molecule has 3 aromatic heterocycles. The summed E-state index contributed by atoms with van der Waals surface area (Å²) in [5.41, 5.74) is 21.6. The number of aromatic nitrogens is 3. The summed E-state index contributed by atoms with van der Waals surface area (Å²) >= 11 is 0. The molecule has 0 atom stereocenters. The zero-order valence-electron chi connectivity index (χ0n) is 53.2. The zero-order valence-corrected chi connectivity index (χ0v) is 55.4. The molecule has 0 radical (unpaired) electrons. The molecular formula is C87H66N5OPt-3. The number of ether oxygens (including phenoxy) is 1. The van der Waals surface area contributed by atoms with Crippen LogP contribution in [0.1, 0.15) is 74.9 Å². The van der Waals surface area contributed by atoms with Crippen LogP contribution in [0.5, 0.6) is 11.5 Å². The van der Waals surface area contributed by atoms with Crippen molar-refractivity contribution in [3.63, 3.8) is 0 Å². The average Bonchev–Trinajstić information content (AvgIpc) is 1.52. The first-order valence-electron chi connectivity index (χ1n) is 32.2. The van der Waals surface area contributed by atoms with Crippen LogP contribution in [0.2, 0.25) is 0 Å². The number of fused-ring (bicyclic) bond motifs is 10.